The number of hydrogen-bond acceptors (Lipinski definition) is 2. The third kappa shape index (κ3) is 0.802. The monoisotopic (exact) mass is 218 g/mol. The lowest BCUT2D eigenvalue weighted by Crippen LogP contribution is -2.43. The minimum Gasteiger partial charge on any atom is -0.298 e. The molecule has 0 aliphatic heterocycles. The molecule has 2 nitrogen and oxygen atoms in total. The summed E-state index contributed by atoms with van der Waals surface area (Å²) in [5, 5.41) is 0. The van der Waals surface area contributed by atoms with Gasteiger partial charge in [-0.1, -0.05) is 0 Å². The van der Waals surface area contributed by atoms with E-state index in [0.717, 1.165) is 11.8 Å². The summed E-state index contributed by atoms with van der Waals surface area (Å²) in [5.74, 6) is 3.52. The fourth-order valence-electron chi connectivity index (χ4n) is 5.13. The fraction of sp³-hybridized carbons (Fsp3) is 0.857. The van der Waals surface area contributed by atoms with Crippen molar-refractivity contribution in [2.75, 3.05) is 0 Å². The van der Waals surface area contributed by atoms with Gasteiger partial charge in [-0.2, -0.15) is 0 Å². The van der Waals surface area contributed by atoms with Gasteiger partial charge in [-0.15, -0.1) is 0 Å². The van der Waals surface area contributed by atoms with Crippen molar-refractivity contribution in [1.29, 1.82) is 0 Å². The number of carbonyl (C=O) groups excluding carboxylic acids is 2. The molecule has 0 spiro atoms. The fourth-order valence-corrected chi connectivity index (χ4v) is 5.13. The molecule has 5 rings (SSSR count). The Labute approximate surface area is 95.8 Å². The van der Waals surface area contributed by atoms with Crippen LogP contribution in [0.4, 0.5) is 0 Å². The molecule has 0 unspecified atom stereocenters. The van der Waals surface area contributed by atoms with Crippen LogP contribution in [0.1, 0.15) is 33.1 Å². The molecule has 5 aliphatic rings. The Bertz CT molecular complexity index is 373. The van der Waals surface area contributed by atoms with Gasteiger partial charge in [0, 0.05) is 11.8 Å². The number of rotatable bonds is 0. The van der Waals surface area contributed by atoms with Crippen LogP contribution in [0, 0.1) is 40.9 Å². The molecule has 0 amide bonds. The van der Waals surface area contributed by atoms with Gasteiger partial charge in [0.25, 0.3) is 0 Å². The number of hydrogen-bond donors (Lipinski definition) is 0. The third-order valence-corrected chi connectivity index (χ3v) is 5.97. The average molecular weight is 218 g/mol. The Morgan fingerprint density at radius 1 is 0.875 bits per heavy atom. The largest absolute Gasteiger partial charge is 0.298 e. The minimum absolute atomic E-state index is 0.116. The molecule has 0 saturated heterocycles. The van der Waals surface area contributed by atoms with E-state index < -0.39 is 5.41 Å². The molecule has 0 radical (unpaired) electrons. The van der Waals surface area contributed by atoms with Crippen LogP contribution in [0.2, 0.25) is 0 Å². The summed E-state index contributed by atoms with van der Waals surface area (Å²) in [6.07, 6.45) is 3.73. The Kier molecular flexibility index (Phi) is 1.43. The number of ketones is 2. The molecule has 0 aromatic rings. The average Bonchev–Trinajstić information content (AvgIpc) is 3.03. The summed E-state index contributed by atoms with van der Waals surface area (Å²) in [4.78, 5) is 24.8. The SMILES string of the molecule is CC1(C)C(=O)[C@@H]2[C@H]3CC[C@@H]([C@@H]4C[C@H]43)[C@@H]2C1=O. The maximum absolute atomic E-state index is 12.4. The van der Waals surface area contributed by atoms with E-state index in [1.165, 1.54) is 19.3 Å². The first-order valence-corrected chi connectivity index (χ1v) is 6.62. The molecular weight excluding hydrogens is 200 g/mol. The van der Waals surface area contributed by atoms with E-state index in [1.54, 1.807) is 0 Å². The Hall–Kier alpha value is -0.660. The Morgan fingerprint density at radius 2 is 1.31 bits per heavy atom. The lowest BCUT2D eigenvalue weighted by atomic mass is 9.59. The molecule has 5 saturated carbocycles. The van der Waals surface area contributed by atoms with Crippen molar-refractivity contribution < 1.29 is 9.59 Å². The molecule has 16 heavy (non-hydrogen) atoms. The summed E-state index contributed by atoms with van der Waals surface area (Å²) in [6, 6.07) is 0. The van der Waals surface area contributed by atoms with E-state index in [0.29, 0.717) is 11.8 Å². The molecule has 0 heterocycles. The van der Waals surface area contributed by atoms with Crippen molar-refractivity contribution in [3.05, 3.63) is 0 Å². The first-order valence-electron chi connectivity index (χ1n) is 6.62. The zero-order chi connectivity index (χ0) is 11.2. The van der Waals surface area contributed by atoms with E-state index in [2.05, 4.69) is 0 Å². The van der Waals surface area contributed by atoms with Crippen LogP contribution < -0.4 is 0 Å². The van der Waals surface area contributed by atoms with Gasteiger partial charge in [-0.25, -0.2) is 0 Å². The van der Waals surface area contributed by atoms with Crippen LogP contribution in [0.25, 0.3) is 0 Å². The van der Waals surface area contributed by atoms with E-state index in [-0.39, 0.29) is 23.4 Å². The lowest BCUT2D eigenvalue weighted by Gasteiger charge is -2.43. The van der Waals surface area contributed by atoms with Crippen LogP contribution in [0.15, 0.2) is 0 Å². The van der Waals surface area contributed by atoms with Crippen molar-refractivity contribution in [2.45, 2.75) is 33.1 Å². The van der Waals surface area contributed by atoms with Gasteiger partial charge in [-0.05, 0) is 56.8 Å². The Morgan fingerprint density at radius 3 is 1.75 bits per heavy atom. The first-order chi connectivity index (χ1) is 7.53. The molecule has 0 aromatic heterocycles. The molecule has 0 aromatic carbocycles. The smallest absolute Gasteiger partial charge is 0.149 e. The maximum atomic E-state index is 12.4. The molecule has 86 valence electrons. The molecule has 5 fully saturated rings. The maximum Gasteiger partial charge on any atom is 0.149 e. The molecule has 5 aliphatic carbocycles. The van der Waals surface area contributed by atoms with E-state index in [1.807, 2.05) is 13.8 Å². The normalized spacial score (nSPS) is 56.1. The molecule has 2 bridgehead atoms. The van der Waals surface area contributed by atoms with Crippen LogP contribution in [-0.2, 0) is 9.59 Å². The Balaban J connectivity index is 1.84. The van der Waals surface area contributed by atoms with Crippen molar-refractivity contribution in [3.63, 3.8) is 0 Å². The highest BCUT2D eigenvalue weighted by Crippen LogP contribution is 2.69. The number of Topliss-reactive ketones (excluding diaryl/α,β-unsaturated/α-hetero) is 2. The van der Waals surface area contributed by atoms with E-state index in [9.17, 15) is 9.59 Å². The zero-order valence-corrected chi connectivity index (χ0v) is 9.90. The van der Waals surface area contributed by atoms with Crippen LogP contribution in [0.3, 0.4) is 0 Å². The predicted octanol–water partition coefficient (Wildman–Crippen LogP) is 2.07. The second kappa shape index (κ2) is 2.44. The molecule has 0 N–H and O–H groups in total. The molecular formula is C14H18O2. The van der Waals surface area contributed by atoms with Gasteiger partial charge in [0.1, 0.15) is 11.6 Å². The van der Waals surface area contributed by atoms with Crippen molar-refractivity contribution in [1.82, 2.24) is 0 Å². The minimum atomic E-state index is -0.674. The van der Waals surface area contributed by atoms with Gasteiger partial charge in [0.05, 0.1) is 5.41 Å². The van der Waals surface area contributed by atoms with Crippen LogP contribution >= 0.6 is 0 Å². The summed E-state index contributed by atoms with van der Waals surface area (Å²) in [6.45, 7) is 3.70. The lowest BCUT2D eigenvalue weighted by molar-refractivity contribution is -0.134. The quantitative estimate of drug-likeness (QED) is 0.583. The van der Waals surface area contributed by atoms with Gasteiger partial charge >= 0.3 is 0 Å². The summed E-state index contributed by atoms with van der Waals surface area (Å²) in [7, 11) is 0. The highest BCUT2D eigenvalue weighted by Gasteiger charge is 2.70. The summed E-state index contributed by atoms with van der Waals surface area (Å²) >= 11 is 0. The van der Waals surface area contributed by atoms with Gasteiger partial charge in [0.2, 0.25) is 0 Å². The second-order valence-electron chi connectivity index (χ2n) is 6.87. The van der Waals surface area contributed by atoms with Gasteiger partial charge < -0.3 is 0 Å². The predicted molar refractivity (Wildman–Crippen MR) is 58.6 cm³/mol. The van der Waals surface area contributed by atoms with E-state index >= 15 is 0 Å². The standard InChI is InChI=1S/C14H18O2/c1-14(2)12(15)10-6-3-4-7(9-5-8(6)9)11(10)13(14)16/h6-11H,3-5H2,1-2H3/t6-,7-,8-,9-,10-,11+/m0/s1. The summed E-state index contributed by atoms with van der Waals surface area (Å²) < 4.78 is 0. The molecule has 6 atom stereocenters. The number of carbonyl (C=O) groups is 2. The van der Waals surface area contributed by atoms with Crippen molar-refractivity contribution in [3.8, 4) is 0 Å². The highest BCUT2D eigenvalue weighted by atomic mass is 16.2. The van der Waals surface area contributed by atoms with Crippen LogP contribution in [0.5, 0.6) is 0 Å². The van der Waals surface area contributed by atoms with Gasteiger partial charge in [-0.3, -0.25) is 9.59 Å². The van der Waals surface area contributed by atoms with Gasteiger partial charge in [0.15, 0.2) is 0 Å². The highest BCUT2D eigenvalue weighted by molar-refractivity contribution is 6.15. The topological polar surface area (TPSA) is 34.1 Å². The first kappa shape index (κ1) is 9.38. The summed E-state index contributed by atoms with van der Waals surface area (Å²) in [5.41, 5.74) is -0.674. The van der Waals surface area contributed by atoms with Crippen molar-refractivity contribution >= 4 is 11.6 Å². The van der Waals surface area contributed by atoms with E-state index in [4.69, 9.17) is 0 Å². The molecule has 2 heteroatoms. The van der Waals surface area contributed by atoms with Crippen LogP contribution in [-0.4, -0.2) is 11.6 Å². The zero-order valence-electron chi connectivity index (χ0n) is 9.90. The number of fused-ring (bicyclic) bond motifs is 1. The third-order valence-electron chi connectivity index (χ3n) is 5.97. The van der Waals surface area contributed by atoms with Crippen molar-refractivity contribution in [2.24, 2.45) is 40.9 Å². The second-order valence-corrected chi connectivity index (χ2v) is 6.87.